The number of nitrogens with zero attached hydrogens (tertiary/aromatic N) is 2. The Hall–Kier alpha value is -2.27. The number of aromatic nitrogens is 1. The van der Waals surface area contributed by atoms with Crippen molar-refractivity contribution in [2.45, 2.75) is 32.3 Å². The van der Waals surface area contributed by atoms with Gasteiger partial charge in [0.05, 0.1) is 19.2 Å². The standard InChI is InChI=1S/C19H17F2N3O5.Na.H/c1-9-8-29-14-7-23-6-12(16(25)17(26)15(23)19(28)24(9)14)18(27)22-5-10-2-3-11(20)4-13(10)21;;/h2-4,6,9,14,26H,5,7-8H2,1H3,(H,22,27);;/q;+1;-1/t9-,14?;;/m1../s1. The third-order valence-corrected chi connectivity index (χ3v) is 5.06. The molecule has 1 aromatic carbocycles. The second-order valence-corrected chi connectivity index (χ2v) is 6.99. The molecule has 1 aromatic heterocycles. The van der Waals surface area contributed by atoms with Gasteiger partial charge in [-0.25, -0.2) is 8.78 Å². The van der Waals surface area contributed by atoms with E-state index in [1.165, 1.54) is 21.7 Å². The van der Waals surface area contributed by atoms with Crippen molar-refractivity contribution in [3.05, 3.63) is 63.1 Å². The molecule has 3 heterocycles. The fraction of sp³-hybridized carbons (Fsp3) is 0.316. The van der Waals surface area contributed by atoms with Crippen molar-refractivity contribution in [3.63, 3.8) is 0 Å². The number of halogens is 2. The van der Waals surface area contributed by atoms with Gasteiger partial charge in [0.25, 0.3) is 11.8 Å². The van der Waals surface area contributed by atoms with Crippen molar-refractivity contribution in [2.24, 2.45) is 0 Å². The minimum Gasteiger partial charge on any atom is -1.00 e. The van der Waals surface area contributed by atoms with Crippen LogP contribution < -0.4 is 40.3 Å². The van der Waals surface area contributed by atoms with Gasteiger partial charge < -0.3 is 26.1 Å². The first-order chi connectivity index (χ1) is 13.8. The van der Waals surface area contributed by atoms with Gasteiger partial charge in [0.15, 0.2) is 17.7 Å². The Balaban J connectivity index is 0.00000171. The molecule has 30 heavy (non-hydrogen) atoms. The number of ether oxygens (including phenoxy) is 1. The fourth-order valence-electron chi connectivity index (χ4n) is 3.57. The summed E-state index contributed by atoms with van der Waals surface area (Å²) in [6, 6.07) is 2.70. The van der Waals surface area contributed by atoms with E-state index < -0.39 is 46.4 Å². The summed E-state index contributed by atoms with van der Waals surface area (Å²) in [6.45, 7) is 1.97. The number of nitrogens with one attached hydrogen (secondary N) is 1. The van der Waals surface area contributed by atoms with Crippen LogP contribution in [0.3, 0.4) is 0 Å². The number of aromatic hydroxyl groups is 1. The summed E-state index contributed by atoms with van der Waals surface area (Å²) in [5, 5.41) is 12.7. The number of benzene rings is 1. The molecule has 2 amide bonds. The quantitative estimate of drug-likeness (QED) is 0.554. The maximum Gasteiger partial charge on any atom is 1.00 e. The van der Waals surface area contributed by atoms with Crippen LogP contribution in [0.2, 0.25) is 0 Å². The van der Waals surface area contributed by atoms with Crippen molar-refractivity contribution < 1.29 is 59.2 Å². The molecule has 0 aliphatic carbocycles. The molecule has 2 atom stereocenters. The minimum atomic E-state index is -1.01. The number of hydrogen-bond acceptors (Lipinski definition) is 5. The largest absolute Gasteiger partial charge is 1.00 e. The fourth-order valence-corrected chi connectivity index (χ4v) is 3.57. The molecule has 1 saturated heterocycles. The van der Waals surface area contributed by atoms with E-state index in [9.17, 15) is 28.3 Å². The first-order valence-corrected chi connectivity index (χ1v) is 8.90. The zero-order valence-corrected chi connectivity index (χ0v) is 18.3. The van der Waals surface area contributed by atoms with E-state index in [1.807, 2.05) is 0 Å². The number of rotatable bonds is 3. The van der Waals surface area contributed by atoms with Gasteiger partial charge in [-0.15, -0.1) is 0 Å². The predicted octanol–water partition coefficient (Wildman–Crippen LogP) is -1.92. The molecular formula is C19H18F2N3NaO5. The van der Waals surface area contributed by atoms with Gasteiger partial charge in [0.1, 0.15) is 17.2 Å². The topological polar surface area (TPSA) is 101 Å². The molecule has 1 fully saturated rings. The summed E-state index contributed by atoms with van der Waals surface area (Å²) in [4.78, 5) is 39.1. The molecule has 2 aliphatic heterocycles. The van der Waals surface area contributed by atoms with E-state index in [-0.39, 0.29) is 61.4 Å². The third-order valence-electron chi connectivity index (χ3n) is 5.06. The number of carbonyl (C=O) groups excluding carboxylic acids is 2. The van der Waals surface area contributed by atoms with Crippen molar-refractivity contribution >= 4 is 11.8 Å². The van der Waals surface area contributed by atoms with Crippen molar-refractivity contribution in [1.29, 1.82) is 0 Å². The van der Waals surface area contributed by atoms with E-state index in [1.54, 1.807) is 6.92 Å². The van der Waals surface area contributed by atoms with Gasteiger partial charge in [-0.05, 0) is 13.0 Å². The molecule has 2 aromatic rings. The average molecular weight is 429 g/mol. The number of amides is 2. The molecule has 2 aliphatic rings. The molecule has 0 spiro atoms. The minimum absolute atomic E-state index is 0. The molecule has 4 rings (SSSR count). The van der Waals surface area contributed by atoms with Crippen LogP contribution in [-0.4, -0.2) is 45.3 Å². The smallest absolute Gasteiger partial charge is 1.00 e. The predicted molar refractivity (Wildman–Crippen MR) is 96.4 cm³/mol. The first kappa shape index (κ1) is 22.4. The Bertz CT molecular complexity index is 1100. The van der Waals surface area contributed by atoms with Crippen molar-refractivity contribution in [2.75, 3.05) is 6.61 Å². The average Bonchev–Trinajstić information content (AvgIpc) is 3.04. The van der Waals surface area contributed by atoms with Gasteiger partial charge >= 0.3 is 29.6 Å². The second kappa shape index (κ2) is 8.46. The van der Waals surface area contributed by atoms with Crippen molar-refractivity contribution in [3.8, 4) is 5.75 Å². The third kappa shape index (κ3) is 3.76. The number of fused-ring (bicyclic) bond motifs is 2. The monoisotopic (exact) mass is 429 g/mol. The second-order valence-electron chi connectivity index (χ2n) is 6.99. The maximum atomic E-state index is 13.7. The Labute approximate surface area is 193 Å². The van der Waals surface area contributed by atoms with Gasteiger partial charge in [0, 0.05) is 24.4 Å². The molecule has 0 saturated carbocycles. The van der Waals surface area contributed by atoms with Crippen LogP contribution in [0.1, 0.15) is 34.8 Å². The van der Waals surface area contributed by atoms with Crippen LogP contribution in [0.15, 0.2) is 29.2 Å². The number of hydrogen-bond donors (Lipinski definition) is 2. The van der Waals surface area contributed by atoms with Crippen LogP contribution in [-0.2, 0) is 17.8 Å². The summed E-state index contributed by atoms with van der Waals surface area (Å²) in [6.07, 6.45) is 0.617. The van der Waals surface area contributed by atoms with E-state index in [2.05, 4.69) is 5.32 Å². The summed E-state index contributed by atoms with van der Waals surface area (Å²) in [5.41, 5.74) is -1.58. The zero-order valence-electron chi connectivity index (χ0n) is 17.3. The van der Waals surface area contributed by atoms with Gasteiger partial charge in [-0.3, -0.25) is 14.4 Å². The molecule has 2 N–H and O–H groups in total. The Morgan fingerprint density at radius 1 is 1.37 bits per heavy atom. The van der Waals surface area contributed by atoms with Gasteiger partial charge in [0.2, 0.25) is 5.43 Å². The Morgan fingerprint density at radius 2 is 2.10 bits per heavy atom. The number of carbonyl (C=O) groups is 2. The Morgan fingerprint density at radius 3 is 2.80 bits per heavy atom. The zero-order chi connectivity index (χ0) is 20.9. The van der Waals surface area contributed by atoms with E-state index >= 15 is 0 Å². The van der Waals surface area contributed by atoms with Crippen molar-refractivity contribution in [1.82, 2.24) is 14.8 Å². The van der Waals surface area contributed by atoms with Gasteiger partial charge in [-0.1, -0.05) is 6.07 Å². The summed E-state index contributed by atoms with van der Waals surface area (Å²) < 4.78 is 33.6. The van der Waals surface area contributed by atoms with E-state index in [0.717, 1.165) is 6.07 Å². The number of pyridine rings is 1. The van der Waals surface area contributed by atoms with Crippen LogP contribution in [0.5, 0.6) is 5.75 Å². The summed E-state index contributed by atoms with van der Waals surface area (Å²) in [7, 11) is 0. The molecular weight excluding hydrogens is 411 g/mol. The summed E-state index contributed by atoms with van der Waals surface area (Å²) in [5.74, 6) is -3.83. The molecule has 1 unspecified atom stereocenters. The van der Waals surface area contributed by atoms with Crippen LogP contribution in [0.4, 0.5) is 8.78 Å². The van der Waals surface area contributed by atoms with E-state index in [0.29, 0.717) is 12.7 Å². The molecule has 8 nitrogen and oxygen atoms in total. The molecule has 0 bridgehead atoms. The maximum absolute atomic E-state index is 13.7. The molecule has 11 heteroatoms. The first-order valence-electron chi connectivity index (χ1n) is 8.90. The van der Waals surface area contributed by atoms with Crippen LogP contribution >= 0.6 is 0 Å². The van der Waals surface area contributed by atoms with Crippen LogP contribution in [0.25, 0.3) is 0 Å². The van der Waals surface area contributed by atoms with Gasteiger partial charge in [-0.2, -0.15) is 0 Å². The Kier molecular flexibility index (Phi) is 6.32. The normalized spacial score (nSPS) is 19.7. The molecule has 0 radical (unpaired) electrons. The van der Waals surface area contributed by atoms with Crippen LogP contribution in [0, 0.1) is 11.6 Å². The summed E-state index contributed by atoms with van der Waals surface area (Å²) >= 11 is 0. The SMILES string of the molecule is C[C@@H]1COC2Cn3cc(C(=O)NCc4ccc(F)cc4F)c(=O)c(O)c3C(=O)N21.[H-].[Na+]. The van der Waals surface area contributed by atoms with E-state index in [4.69, 9.17) is 4.74 Å². The molecule has 154 valence electrons.